The molecule has 0 saturated carbocycles. The van der Waals surface area contributed by atoms with Crippen LogP contribution in [0.1, 0.15) is 25.7 Å². The maximum Gasteiger partial charge on any atom is 0.209 e. The number of nitrogens with zero attached hydrogens (tertiary/aromatic N) is 2. The maximum absolute atomic E-state index is 6.04. The van der Waals surface area contributed by atoms with Crippen molar-refractivity contribution >= 4 is 11.6 Å². The minimum absolute atomic E-state index is 0.245. The van der Waals surface area contributed by atoms with Crippen LogP contribution in [-0.2, 0) is 6.54 Å². The Hall–Kier alpha value is -1.36. The van der Waals surface area contributed by atoms with Gasteiger partial charge in [-0.15, -0.1) is 0 Å². The van der Waals surface area contributed by atoms with Gasteiger partial charge in [0.15, 0.2) is 5.76 Å². The lowest BCUT2D eigenvalue weighted by Gasteiger charge is -2.33. The lowest BCUT2D eigenvalue weighted by Crippen LogP contribution is -2.41. The molecule has 118 valence electrons. The van der Waals surface area contributed by atoms with Gasteiger partial charge in [-0.05, 0) is 44.4 Å². The van der Waals surface area contributed by atoms with Crippen molar-refractivity contribution in [1.29, 1.82) is 0 Å². The van der Waals surface area contributed by atoms with Crippen LogP contribution in [0.3, 0.4) is 0 Å². The molecule has 2 heterocycles. The fraction of sp³-hybridized carbons (Fsp3) is 0.471. The monoisotopic (exact) mass is 319 g/mol. The summed E-state index contributed by atoms with van der Waals surface area (Å²) in [6, 6.07) is 7.87. The van der Waals surface area contributed by atoms with Gasteiger partial charge in [0.25, 0.3) is 0 Å². The first-order valence-electron chi connectivity index (χ1n) is 7.80. The molecule has 5 heteroatoms. The first-order valence-corrected chi connectivity index (χ1v) is 8.18. The molecule has 1 saturated heterocycles. The van der Waals surface area contributed by atoms with Crippen molar-refractivity contribution in [2.45, 2.75) is 32.4 Å². The molecule has 0 amide bonds. The predicted molar refractivity (Wildman–Crippen MR) is 88.6 cm³/mol. The van der Waals surface area contributed by atoms with Gasteiger partial charge in [0.05, 0.1) is 12.7 Å². The number of hydrogen-bond donors (Lipinski definition) is 1. The molecule has 1 aromatic carbocycles. The quantitative estimate of drug-likeness (QED) is 0.936. The first kappa shape index (κ1) is 15.5. The fourth-order valence-electron chi connectivity index (χ4n) is 3.01. The van der Waals surface area contributed by atoms with E-state index in [9.17, 15) is 0 Å². The topological polar surface area (TPSA) is 55.3 Å². The maximum atomic E-state index is 6.04. The molecule has 1 aromatic heterocycles. The number of aromatic nitrogens is 1. The van der Waals surface area contributed by atoms with Crippen molar-refractivity contribution in [2.24, 2.45) is 11.7 Å². The van der Waals surface area contributed by atoms with E-state index < -0.39 is 0 Å². The molecule has 4 nitrogen and oxygen atoms in total. The average molecular weight is 320 g/mol. The second kappa shape index (κ2) is 6.82. The molecule has 0 bridgehead atoms. The third-order valence-electron chi connectivity index (χ3n) is 4.31. The Morgan fingerprint density at radius 1 is 1.50 bits per heavy atom. The van der Waals surface area contributed by atoms with E-state index in [0.29, 0.717) is 10.9 Å². The number of hydrogen-bond acceptors (Lipinski definition) is 4. The zero-order valence-electron chi connectivity index (χ0n) is 12.8. The van der Waals surface area contributed by atoms with E-state index in [-0.39, 0.29) is 6.04 Å². The summed E-state index contributed by atoms with van der Waals surface area (Å²) >= 11 is 6.02. The predicted octanol–water partition coefficient (Wildman–Crippen LogP) is 3.55. The van der Waals surface area contributed by atoms with E-state index in [1.807, 2.05) is 24.3 Å². The molecule has 2 aromatic rings. The molecule has 0 spiro atoms. The summed E-state index contributed by atoms with van der Waals surface area (Å²) in [5, 5.41) is 0.700. The SMILES string of the molecule is CC(N)C1CCCN(Cc2ncc(-c3cccc(Cl)c3)o2)C1. The molecule has 0 aliphatic carbocycles. The second-order valence-corrected chi connectivity index (χ2v) is 6.56. The molecule has 1 aliphatic heterocycles. The highest BCUT2D eigenvalue weighted by molar-refractivity contribution is 6.30. The third-order valence-corrected chi connectivity index (χ3v) is 4.54. The van der Waals surface area contributed by atoms with Gasteiger partial charge in [-0.3, -0.25) is 4.90 Å². The molecule has 2 unspecified atom stereocenters. The van der Waals surface area contributed by atoms with E-state index >= 15 is 0 Å². The number of nitrogens with two attached hydrogens (primary N) is 1. The highest BCUT2D eigenvalue weighted by atomic mass is 35.5. The highest BCUT2D eigenvalue weighted by Crippen LogP contribution is 2.25. The van der Waals surface area contributed by atoms with Crippen LogP contribution in [0, 0.1) is 5.92 Å². The normalized spacial score (nSPS) is 21.0. The first-order chi connectivity index (χ1) is 10.6. The number of rotatable bonds is 4. The Bertz CT molecular complexity index is 626. The summed E-state index contributed by atoms with van der Waals surface area (Å²) in [7, 11) is 0. The number of oxazole rings is 1. The van der Waals surface area contributed by atoms with Crippen molar-refractivity contribution in [1.82, 2.24) is 9.88 Å². The van der Waals surface area contributed by atoms with Gasteiger partial charge >= 0.3 is 0 Å². The van der Waals surface area contributed by atoms with Gasteiger partial charge in [-0.25, -0.2) is 4.98 Å². The minimum atomic E-state index is 0.245. The third kappa shape index (κ3) is 3.69. The van der Waals surface area contributed by atoms with Crippen molar-refractivity contribution in [2.75, 3.05) is 13.1 Å². The van der Waals surface area contributed by atoms with Gasteiger partial charge in [0.1, 0.15) is 0 Å². The van der Waals surface area contributed by atoms with Crippen LogP contribution in [0.2, 0.25) is 5.02 Å². The van der Waals surface area contributed by atoms with Crippen molar-refractivity contribution in [3.8, 4) is 11.3 Å². The molecule has 3 rings (SSSR count). The summed E-state index contributed by atoms with van der Waals surface area (Å²) in [6.45, 7) is 4.94. The Morgan fingerprint density at radius 2 is 2.36 bits per heavy atom. The summed E-state index contributed by atoms with van der Waals surface area (Å²) in [5.74, 6) is 2.08. The second-order valence-electron chi connectivity index (χ2n) is 6.13. The number of benzene rings is 1. The smallest absolute Gasteiger partial charge is 0.209 e. The van der Waals surface area contributed by atoms with E-state index in [2.05, 4.69) is 16.8 Å². The van der Waals surface area contributed by atoms with Gasteiger partial charge < -0.3 is 10.2 Å². The zero-order valence-corrected chi connectivity index (χ0v) is 13.6. The molecule has 2 N–H and O–H groups in total. The lowest BCUT2D eigenvalue weighted by atomic mass is 9.92. The summed E-state index contributed by atoms with van der Waals surface area (Å²) in [4.78, 5) is 6.78. The standard InChI is InChI=1S/C17H22ClN3O/c1-12(19)14-5-3-7-21(10-14)11-17-20-9-16(22-17)13-4-2-6-15(18)8-13/h2,4,6,8-9,12,14H,3,5,7,10-11,19H2,1H3. The van der Waals surface area contributed by atoms with Crippen LogP contribution in [0.5, 0.6) is 0 Å². The van der Waals surface area contributed by atoms with Crippen LogP contribution in [0.4, 0.5) is 0 Å². The Balaban J connectivity index is 1.67. The molecule has 1 fully saturated rings. The lowest BCUT2D eigenvalue weighted by molar-refractivity contribution is 0.143. The van der Waals surface area contributed by atoms with Crippen LogP contribution in [0.25, 0.3) is 11.3 Å². The number of piperidine rings is 1. The van der Waals surface area contributed by atoms with Gasteiger partial charge in [-0.2, -0.15) is 0 Å². The van der Waals surface area contributed by atoms with E-state index in [1.165, 1.54) is 12.8 Å². The summed E-state index contributed by atoms with van der Waals surface area (Å²) in [6.07, 6.45) is 4.18. The highest BCUT2D eigenvalue weighted by Gasteiger charge is 2.23. The minimum Gasteiger partial charge on any atom is -0.439 e. The van der Waals surface area contributed by atoms with Gasteiger partial charge in [-0.1, -0.05) is 23.7 Å². The molecule has 1 aliphatic rings. The van der Waals surface area contributed by atoms with Crippen LogP contribution in [-0.4, -0.2) is 29.0 Å². The van der Waals surface area contributed by atoms with Crippen LogP contribution >= 0.6 is 11.6 Å². The average Bonchev–Trinajstić information content (AvgIpc) is 2.96. The van der Waals surface area contributed by atoms with E-state index in [0.717, 1.165) is 36.8 Å². The number of halogens is 1. The Labute approximate surface area is 136 Å². The van der Waals surface area contributed by atoms with Crippen molar-refractivity contribution < 1.29 is 4.42 Å². The van der Waals surface area contributed by atoms with Crippen LogP contribution < -0.4 is 5.73 Å². The molecule has 2 atom stereocenters. The molecule has 22 heavy (non-hydrogen) atoms. The molecular weight excluding hydrogens is 298 g/mol. The van der Waals surface area contributed by atoms with Gasteiger partial charge in [0.2, 0.25) is 5.89 Å². The summed E-state index contributed by atoms with van der Waals surface area (Å²) < 4.78 is 5.88. The molecule has 0 radical (unpaired) electrons. The fourth-order valence-corrected chi connectivity index (χ4v) is 3.20. The summed E-state index contributed by atoms with van der Waals surface area (Å²) in [5.41, 5.74) is 7.00. The van der Waals surface area contributed by atoms with E-state index in [1.54, 1.807) is 6.20 Å². The van der Waals surface area contributed by atoms with E-state index in [4.69, 9.17) is 21.8 Å². The largest absolute Gasteiger partial charge is 0.439 e. The molecular formula is C17H22ClN3O. The Kier molecular flexibility index (Phi) is 4.81. The zero-order chi connectivity index (χ0) is 15.5. The van der Waals surface area contributed by atoms with Crippen molar-refractivity contribution in [3.05, 3.63) is 41.4 Å². The van der Waals surface area contributed by atoms with Crippen molar-refractivity contribution in [3.63, 3.8) is 0 Å². The van der Waals surface area contributed by atoms with Crippen LogP contribution in [0.15, 0.2) is 34.9 Å². The number of likely N-dealkylation sites (tertiary alicyclic amines) is 1. The Morgan fingerprint density at radius 3 is 3.14 bits per heavy atom. The van der Waals surface area contributed by atoms with Gasteiger partial charge in [0, 0.05) is 23.2 Å².